The van der Waals surface area contributed by atoms with Gasteiger partial charge in [-0.05, 0) is 54.4 Å². The Morgan fingerprint density at radius 2 is 1.84 bits per heavy atom. The van der Waals surface area contributed by atoms with Crippen molar-refractivity contribution >= 4 is 49.8 Å². The molecular weight excluding hydrogens is 490 g/mol. The molecule has 2 aromatic heterocycles. The number of aryl methyl sites for hydroxylation is 1. The minimum atomic E-state index is -0.649. The molecule has 0 fully saturated rings. The number of ether oxygens (including phenoxy) is 2. The zero-order valence-electron chi connectivity index (χ0n) is 20.2. The Hall–Kier alpha value is -4.50. The maximum absolute atomic E-state index is 13.5. The van der Waals surface area contributed by atoms with Gasteiger partial charge in [0.15, 0.2) is 12.3 Å². The van der Waals surface area contributed by atoms with Gasteiger partial charge in [0, 0.05) is 10.8 Å². The second-order valence-corrected chi connectivity index (χ2v) is 9.20. The lowest BCUT2D eigenvalue weighted by molar-refractivity contribution is -0.118. The summed E-state index contributed by atoms with van der Waals surface area (Å²) in [6.07, 6.45) is 0. The van der Waals surface area contributed by atoms with Crippen molar-refractivity contribution in [3.05, 3.63) is 93.7 Å². The van der Waals surface area contributed by atoms with Crippen LogP contribution in [0.4, 0.5) is 5.00 Å². The smallest absolute Gasteiger partial charge is 0.359 e. The number of carbonyl (C=O) groups is 2. The largest absolute Gasteiger partial charge is 0.484 e. The highest BCUT2D eigenvalue weighted by Gasteiger charge is 2.23. The van der Waals surface area contributed by atoms with Gasteiger partial charge in [0.1, 0.15) is 10.8 Å². The van der Waals surface area contributed by atoms with Crippen molar-refractivity contribution in [3.8, 4) is 11.4 Å². The molecule has 0 radical (unpaired) electrons. The SMILES string of the molecule is CCOC(=O)c1nn(-c2cccc(C)c2)c(=O)c2c(NC(=O)COc3ccc4ccccc4c3)scc12. The molecule has 8 nitrogen and oxygen atoms in total. The molecule has 0 aliphatic carbocycles. The number of fused-ring (bicyclic) bond motifs is 2. The molecule has 0 saturated heterocycles. The minimum Gasteiger partial charge on any atom is -0.484 e. The van der Waals surface area contributed by atoms with Gasteiger partial charge in [-0.1, -0.05) is 42.5 Å². The van der Waals surface area contributed by atoms with Crippen LogP contribution in [-0.4, -0.2) is 34.9 Å². The monoisotopic (exact) mass is 513 g/mol. The van der Waals surface area contributed by atoms with E-state index in [1.807, 2.05) is 49.4 Å². The van der Waals surface area contributed by atoms with E-state index in [0.29, 0.717) is 21.8 Å². The van der Waals surface area contributed by atoms with Crippen molar-refractivity contribution in [2.24, 2.45) is 0 Å². The number of amides is 1. The molecule has 1 amide bonds. The first-order valence-corrected chi connectivity index (χ1v) is 12.5. The van der Waals surface area contributed by atoms with Crippen LogP contribution in [0.15, 0.2) is 76.9 Å². The lowest BCUT2D eigenvalue weighted by atomic mass is 10.1. The number of benzene rings is 3. The third-order valence-electron chi connectivity index (χ3n) is 5.71. The van der Waals surface area contributed by atoms with Crippen LogP contribution in [0.3, 0.4) is 0 Å². The van der Waals surface area contributed by atoms with Crippen LogP contribution in [0.5, 0.6) is 5.75 Å². The number of carbonyl (C=O) groups excluding carboxylic acids is 2. The van der Waals surface area contributed by atoms with Crippen LogP contribution in [0, 0.1) is 6.92 Å². The minimum absolute atomic E-state index is 0.00196. The van der Waals surface area contributed by atoms with Crippen molar-refractivity contribution in [1.29, 1.82) is 0 Å². The summed E-state index contributed by atoms with van der Waals surface area (Å²) in [5.74, 6) is -0.530. The van der Waals surface area contributed by atoms with Crippen molar-refractivity contribution in [3.63, 3.8) is 0 Å². The van der Waals surface area contributed by atoms with Gasteiger partial charge in [-0.25, -0.2) is 4.79 Å². The lowest BCUT2D eigenvalue weighted by Gasteiger charge is -2.11. The fourth-order valence-corrected chi connectivity index (χ4v) is 4.95. The number of hydrogen-bond donors (Lipinski definition) is 1. The molecule has 0 spiro atoms. The second-order valence-electron chi connectivity index (χ2n) is 8.32. The van der Waals surface area contributed by atoms with E-state index in [4.69, 9.17) is 9.47 Å². The Morgan fingerprint density at radius 1 is 1.03 bits per heavy atom. The summed E-state index contributed by atoms with van der Waals surface area (Å²) in [5.41, 5.74) is 0.969. The van der Waals surface area contributed by atoms with Gasteiger partial charge in [-0.3, -0.25) is 9.59 Å². The predicted octanol–water partition coefficient (Wildman–Crippen LogP) is 5.10. The maximum atomic E-state index is 13.5. The Labute approximate surface area is 216 Å². The average Bonchev–Trinajstić information content (AvgIpc) is 3.31. The molecule has 9 heteroatoms. The van der Waals surface area contributed by atoms with Crippen molar-refractivity contribution in [2.75, 3.05) is 18.5 Å². The molecule has 0 saturated carbocycles. The molecule has 3 aromatic carbocycles. The number of aromatic nitrogens is 2. The number of nitrogens with one attached hydrogen (secondary N) is 1. The molecule has 0 bridgehead atoms. The first-order valence-electron chi connectivity index (χ1n) is 11.6. The molecule has 0 unspecified atom stereocenters. The van der Waals surface area contributed by atoms with E-state index >= 15 is 0 Å². The third kappa shape index (κ3) is 4.94. The van der Waals surface area contributed by atoms with Crippen molar-refractivity contribution in [1.82, 2.24) is 9.78 Å². The predicted molar refractivity (Wildman–Crippen MR) is 144 cm³/mol. The Kier molecular flexibility index (Phi) is 6.70. The highest BCUT2D eigenvalue weighted by Crippen LogP contribution is 2.31. The van der Waals surface area contributed by atoms with E-state index in [9.17, 15) is 14.4 Å². The van der Waals surface area contributed by atoms with E-state index in [0.717, 1.165) is 32.4 Å². The fraction of sp³-hybridized carbons (Fsp3) is 0.143. The van der Waals surface area contributed by atoms with Gasteiger partial charge in [-0.15, -0.1) is 11.3 Å². The first-order chi connectivity index (χ1) is 17.9. The van der Waals surface area contributed by atoms with E-state index in [-0.39, 0.29) is 24.3 Å². The summed E-state index contributed by atoms with van der Waals surface area (Å²) in [4.78, 5) is 39.0. The van der Waals surface area contributed by atoms with Gasteiger partial charge in [0.2, 0.25) is 0 Å². The molecule has 0 atom stereocenters. The molecule has 186 valence electrons. The quantitative estimate of drug-likeness (QED) is 0.304. The van der Waals surface area contributed by atoms with Crippen molar-refractivity contribution in [2.45, 2.75) is 13.8 Å². The molecule has 5 aromatic rings. The van der Waals surface area contributed by atoms with Crippen molar-refractivity contribution < 1.29 is 19.1 Å². The highest BCUT2D eigenvalue weighted by atomic mass is 32.1. The van der Waals surface area contributed by atoms with Gasteiger partial charge in [0.25, 0.3) is 11.5 Å². The van der Waals surface area contributed by atoms with Crippen LogP contribution in [-0.2, 0) is 9.53 Å². The van der Waals surface area contributed by atoms with Gasteiger partial charge in [0.05, 0.1) is 17.7 Å². The number of hydrogen-bond acceptors (Lipinski definition) is 7. The number of esters is 1. The van der Waals surface area contributed by atoms with Gasteiger partial charge < -0.3 is 14.8 Å². The zero-order chi connectivity index (χ0) is 25.9. The van der Waals surface area contributed by atoms with E-state index in [1.165, 1.54) is 0 Å². The molecule has 2 heterocycles. The summed E-state index contributed by atoms with van der Waals surface area (Å²) in [6.45, 7) is 3.50. The summed E-state index contributed by atoms with van der Waals surface area (Å²) >= 11 is 1.14. The fourth-order valence-electron chi connectivity index (χ4n) is 4.00. The summed E-state index contributed by atoms with van der Waals surface area (Å²) in [5, 5.41) is 11.6. The summed E-state index contributed by atoms with van der Waals surface area (Å²) in [6, 6.07) is 20.6. The standard InChI is InChI=1S/C28H23N3O5S/c1-3-35-28(34)25-22-16-37-26(24(22)27(33)31(30-25)20-10-6-7-17(2)13-20)29-23(32)15-36-21-12-11-18-8-4-5-9-19(18)14-21/h4-14,16H,3,15H2,1-2H3,(H,29,32). The maximum Gasteiger partial charge on any atom is 0.359 e. The summed E-state index contributed by atoms with van der Waals surface area (Å²) in [7, 11) is 0. The van der Waals surface area contributed by atoms with Gasteiger partial charge in [-0.2, -0.15) is 9.78 Å². The van der Waals surface area contributed by atoms with Crippen LogP contribution in [0.25, 0.3) is 27.2 Å². The normalized spacial score (nSPS) is 11.0. The lowest BCUT2D eigenvalue weighted by Crippen LogP contribution is -2.26. The molecule has 37 heavy (non-hydrogen) atoms. The Balaban J connectivity index is 1.47. The third-order valence-corrected chi connectivity index (χ3v) is 6.61. The van der Waals surface area contributed by atoms with Gasteiger partial charge >= 0.3 is 5.97 Å². The Bertz CT molecular complexity index is 1710. The average molecular weight is 514 g/mol. The second kappa shape index (κ2) is 10.2. The number of rotatable bonds is 7. The van der Waals surface area contributed by atoms with Crippen LogP contribution in [0.1, 0.15) is 23.0 Å². The van der Waals surface area contributed by atoms with E-state index in [1.54, 1.807) is 36.6 Å². The molecule has 5 rings (SSSR count). The van der Waals surface area contributed by atoms with Crippen LogP contribution < -0.4 is 15.6 Å². The molecular formula is C28H23N3O5S. The number of thiophene rings is 1. The van der Waals surface area contributed by atoms with E-state index < -0.39 is 17.4 Å². The van der Waals surface area contributed by atoms with E-state index in [2.05, 4.69) is 10.4 Å². The number of anilines is 1. The number of nitrogens with zero attached hydrogens (tertiary/aromatic N) is 2. The highest BCUT2D eigenvalue weighted by molar-refractivity contribution is 7.16. The zero-order valence-corrected chi connectivity index (χ0v) is 21.0. The van der Waals surface area contributed by atoms with Crippen LogP contribution >= 0.6 is 11.3 Å². The Morgan fingerprint density at radius 3 is 2.62 bits per heavy atom. The van der Waals surface area contributed by atoms with Crippen LogP contribution in [0.2, 0.25) is 0 Å². The first kappa shape index (κ1) is 24.2. The molecule has 1 N–H and O–H groups in total. The molecule has 0 aliphatic rings. The topological polar surface area (TPSA) is 99.5 Å². The molecule has 0 aliphatic heterocycles. The summed E-state index contributed by atoms with van der Waals surface area (Å²) < 4.78 is 12.0.